The maximum atomic E-state index is 10.7. The molecule has 0 fully saturated rings. The highest BCUT2D eigenvalue weighted by Crippen LogP contribution is 2.08. The number of carbonyl (C=O) groups excluding carboxylic acids is 1. The Balaban J connectivity index is 3.74. The summed E-state index contributed by atoms with van der Waals surface area (Å²) < 4.78 is 0. The van der Waals surface area contributed by atoms with Crippen LogP contribution in [0.15, 0.2) is 60.8 Å². The molecule has 0 rings (SSSR count). The Labute approximate surface area is 163 Å². The van der Waals surface area contributed by atoms with Crippen LogP contribution in [0, 0.1) is 10.1 Å². The van der Waals surface area contributed by atoms with Crippen LogP contribution in [-0.2, 0) is 4.79 Å². The van der Waals surface area contributed by atoms with E-state index < -0.39 is 17.1 Å². The zero-order valence-corrected chi connectivity index (χ0v) is 16.2. The van der Waals surface area contributed by atoms with E-state index in [0.717, 1.165) is 32.1 Å². The third kappa shape index (κ3) is 15.7. The topological polar surface area (TPSA) is 80.4 Å². The molecule has 0 aromatic carbocycles. The second-order valence-corrected chi connectivity index (χ2v) is 6.05. The van der Waals surface area contributed by atoms with Crippen LogP contribution >= 0.6 is 0 Å². The van der Waals surface area contributed by atoms with E-state index in [0.29, 0.717) is 19.3 Å². The van der Waals surface area contributed by atoms with Crippen LogP contribution in [0.4, 0.5) is 0 Å². The number of aliphatic hydroxyl groups excluding tert-OH is 1. The fourth-order valence-corrected chi connectivity index (χ4v) is 2.30. The largest absolute Gasteiger partial charge is 0.386 e. The van der Waals surface area contributed by atoms with Crippen LogP contribution in [0.5, 0.6) is 0 Å². The van der Waals surface area contributed by atoms with E-state index in [2.05, 4.69) is 30.4 Å². The number of allylic oxidation sites excluding steroid dienone is 9. The molecule has 0 aromatic rings. The minimum atomic E-state index is -0.924. The predicted molar refractivity (Wildman–Crippen MR) is 111 cm³/mol. The Morgan fingerprint density at radius 2 is 1.33 bits per heavy atom. The van der Waals surface area contributed by atoms with E-state index in [1.165, 1.54) is 0 Å². The van der Waals surface area contributed by atoms with Crippen molar-refractivity contribution in [2.24, 2.45) is 0 Å². The maximum absolute atomic E-state index is 10.7. The number of rotatable bonds is 16. The van der Waals surface area contributed by atoms with E-state index >= 15 is 0 Å². The van der Waals surface area contributed by atoms with Gasteiger partial charge >= 0.3 is 0 Å². The van der Waals surface area contributed by atoms with E-state index in [-0.39, 0.29) is 0 Å². The molecule has 2 atom stereocenters. The Morgan fingerprint density at radius 1 is 0.889 bits per heavy atom. The van der Waals surface area contributed by atoms with E-state index in [1.54, 1.807) is 13.0 Å². The first-order valence-electron chi connectivity index (χ1n) is 9.55. The van der Waals surface area contributed by atoms with Gasteiger partial charge in [-0.15, -0.1) is 0 Å². The van der Waals surface area contributed by atoms with Gasteiger partial charge in [0.15, 0.2) is 6.29 Å². The van der Waals surface area contributed by atoms with E-state index in [1.807, 2.05) is 30.6 Å². The average molecular weight is 375 g/mol. The molecule has 0 aliphatic heterocycles. The number of hydrogen-bond donors (Lipinski definition) is 1. The summed E-state index contributed by atoms with van der Waals surface area (Å²) in [5, 5.41) is 20.5. The highest BCUT2D eigenvalue weighted by atomic mass is 16.6. The Morgan fingerprint density at radius 3 is 1.74 bits per heavy atom. The molecule has 5 heteroatoms. The van der Waals surface area contributed by atoms with E-state index in [4.69, 9.17) is 0 Å². The molecule has 0 bridgehead atoms. The molecule has 1 N–H and O–H groups in total. The molecule has 0 aliphatic rings. The van der Waals surface area contributed by atoms with Crippen LogP contribution in [0.3, 0.4) is 0 Å². The van der Waals surface area contributed by atoms with Gasteiger partial charge in [0.05, 0.1) is 0 Å². The second-order valence-electron chi connectivity index (χ2n) is 6.05. The lowest BCUT2D eigenvalue weighted by Gasteiger charge is -2.12. The lowest BCUT2D eigenvalue weighted by atomic mass is 10.1. The summed E-state index contributed by atoms with van der Waals surface area (Å²) in [7, 11) is 0. The average Bonchev–Trinajstić information content (AvgIpc) is 2.64. The van der Waals surface area contributed by atoms with Crippen molar-refractivity contribution in [3.05, 3.63) is 70.9 Å². The third-order valence-electron chi connectivity index (χ3n) is 3.85. The van der Waals surface area contributed by atoms with Crippen molar-refractivity contribution in [1.82, 2.24) is 0 Å². The lowest BCUT2D eigenvalue weighted by molar-refractivity contribution is -0.534. The molecule has 149 valence electrons. The van der Waals surface area contributed by atoms with Gasteiger partial charge in [0, 0.05) is 17.8 Å². The van der Waals surface area contributed by atoms with Gasteiger partial charge in [0.25, 0.3) is 0 Å². The molecule has 0 saturated heterocycles. The summed E-state index contributed by atoms with van der Waals surface area (Å²) in [6, 6.07) is -0.887. The van der Waals surface area contributed by atoms with Gasteiger partial charge in [0.1, 0.15) is 6.10 Å². The fraction of sp³-hybridized carbons (Fsp3) is 0.500. The molecular formula is C22H32NO4. The van der Waals surface area contributed by atoms with Gasteiger partial charge in [-0.05, 0) is 38.5 Å². The monoisotopic (exact) mass is 374 g/mol. The Kier molecular flexibility index (Phi) is 17.0. The first kappa shape index (κ1) is 24.7. The molecule has 0 amide bonds. The summed E-state index contributed by atoms with van der Waals surface area (Å²) in [4.78, 5) is 20.3. The second kappa shape index (κ2) is 18.5. The third-order valence-corrected chi connectivity index (χ3v) is 3.85. The first-order valence-corrected chi connectivity index (χ1v) is 9.55. The highest BCUT2D eigenvalue weighted by Gasteiger charge is 2.26. The minimum Gasteiger partial charge on any atom is -0.386 e. The summed E-state index contributed by atoms with van der Waals surface area (Å²) >= 11 is 0. The number of unbranched alkanes of at least 4 members (excludes halogenated alkanes) is 1. The molecule has 0 heterocycles. The van der Waals surface area contributed by atoms with Crippen molar-refractivity contribution >= 4 is 6.29 Å². The van der Waals surface area contributed by atoms with Gasteiger partial charge < -0.3 is 5.11 Å². The van der Waals surface area contributed by atoms with Crippen LogP contribution < -0.4 is 0 Å². The quantitative estimate of drug-likeness (QED) is 0.178. The molecule has 27 heavy (non-hydrogen) atoms. The van der Waals surface area contributed by atoms with Gasteiger partial charge in [-0.2, -0.15) is 0 Å². The summed E-state index contributed by atoms with van der Waals surface area (Å²) in [5.41, 5.74) is 0. The molecule has 0 spiro atoms. The van der Waals surface area contributed by atoms with Gasteiger partial charge in [-0.25, -0.2) is 0 Å². The summed E-state index contributed by atoms with van der Waals surface area (Å²) in [5.74, 6) is 0. The minimum absolute atomic E-state index is 0.310. The molecule has 0 aliphatic carbocycles. The molecule has 5 nitrogen and oxygen atoms in total. The standard InChI is InChI=1S/C22H32NO4/c1-2-21(23(26)27)22(25)19-17-15-13-11-9-7-5-3-4-6-8-10-12-14-16-18-20-24/h3,5-6,8-9,11-12,14-15,17,21-22,25H,2,4,7,10,13,16,18-19H2,1H3/b5-3-,8-6-,11-9-,14-12-,17-15-. The predicted octanol–water partition coefficient (Wildman–Crippen LogP) is 5.02. The highest BCUT2D eigenvalue weighted by molar-refractivity contribution is 5.50. The fourth-order valence-electron chi connectivity index (χ4n) is 2.30. The number of nitrogens with zero attached hydrogens (tertiary/aromatic N) is 1. The van der Waals surface area contributed by atoms with Gasteiger partial charge in [0.2, 0.25) is 6.04 Å². The number of hydrogen-bond acceptors (Lipinski definition) is 4. The lowest BCUT2D eigenvalue weighted by Crippen LogP contribution is -2.32. The van der Waals surface area contributed by atoms with Crippen molar-refractivity contribution in [2.45, 2.75) is 70.4 Å². The van der Waals surface area contributed by atoms with Gasteiger partial charge in [-0.3, -0.25) is 14.9 Å². The van der Waals surface area contributed by atoms with Crippen LogP contribution in [0.1, 0.15) is 58.3 Å². The van der Waals surface area contributed by atoms with Crippen molar-refractivity contribution in [3.8, 4) is 0 Å². The first-order chi connectivity index (χ1) is 13.1. The van der Waals surface area contributed by atoms with Crippen LogP contribution in [-0.4, -0.2) is 28.5 Å². The van der Waals surface area contributed by atoms with Gasteiger partial charge in [-0.1, -0.05) is 67.7 Å². The SMILES string of the molecule is CCC(C(O)C/C=C\C/C=C\C/C=C\C/C=C\C/C=C\CC[C]=O)[N+](=O)[O-]. The van der Waals surface area contributed by atoms with Crippen molar-refractivity contribution in [1.29, 1.82) is 0 Å². The Bertz CT molecular complexity index is 532. The summed E-state index contributed by atoms with van der Waals surface area (Å²) in [6.07, 6.45) is 26.5. The Hall–Kier alpha value is -2.27. The van der Waals surface area contributed by atoms with Crippen LogP contribution in [0.25, 0.3) is 0 Å². The molecule has 0 saturated carbocycles. The molecular weight excluding hydrogens is 342 g/mol. The zero-order valence-electron chi connectivity index (χ0n) is 16.2. The summed E-state index contributed by atoms with van der Waals surface area (Å²) in [6.45, 7) is 1.71. The number of nitro groups is 1. The van der Waals surface area contributed by atoms with Crippen LogP contribution in [0.2, 0.25) is 0 Å². The maximum Gasteiger partial charge on any atom is 0.238 e. The number of aliphatic hydroxyl groups is 1. The zero-order chi connectivity index (χ0) is 20.2. The van der Waals surface area contributed by atoms with Crippen molar-refractivity contribution < 1.29 is 14.8 Å². The molecule has 1 radical (unpaired) electrons. The van der Waals surface area contributed by atoms with Crippen molar-refractivity contribution in [3.63, 3.8) is 0 Å². The van der Waals surface area contributed by atoms with E-state index in [9.17, 15) is 20.0 Å². The molecule has 2 unspecified atom stereocenters. The normalized spacial score (nSPS) is 14.9. The molecule has 0 aromatic heterocycles. The van der Waals surface area contributed by atoms with Crippen molar-refractivity contribution in [2.75, 3.05) is 0 Å². The smallest absolute Gasteiger partial charge is 0.238 e.